The molecular weight excluding hydrogens is 268 g/mol. The number of carbonyl (C=O) groups excluding carboxylic acids is 2. The first kappa shape index (κ1) is 15.8. The Morgan fingerprint density at radius 3 is 2.58 bits per heavy atom. The Morgan fingerprint density at radius 1 is 1.37 bits per heavy atom. The second kappa shape index (κ2) is 7.37. The number of amides is 2. The minimum atomic E-state index is -0.923. The number of aliphatic carboxylic acids is 1. The number of hydrogen-bond acceptors (Lipinski definition) is 4. The van der Waals surface area contributed by atoms with E-state index in [0.29, 0.717) is 24.6 Å². The molecule has 1 atom stereocenters. The van der Waals surface area contributed by atoms with Crippen molar-refractivity contribution in [2.75, 3.05) is 24.7 Å². The van der Waals surface area contributed by atoms with Gasteiger partial charge in [0.15, 0.2) is 0 Å². The zero-order valence-corrected chi connectivity index (χ0v) is 12.1. The summed E-state index contributed by atoms with van der Waals surface area (Å²) in [6.45, 7) is 4.24. The highest BCUT2D eigenvalue weighted by molar-refractivity contribution is 7.99. The fourth-order valence-electron chi connectivity index (χ4n) is 1.96. The van der Waals surface area contributed by atoms with Gasteiger partial charge in [0.25, 0.3) is 0 Å². The van der Waals surface area contributed by atoms with Crippen molar-refractivity contribution >= 4 is 29.5 Å². The highest BCUT2D eigenvalue weighted by atomic mass is 32.2. The smallest absolute Gasteiger partial charge is 0.305 e. The van der Waals surface area contributed by atoms with E-state index in [1.165, 1.54) is 4.90 Å². The van der Waals surface area contributed by atoms with Crippen molar-refractivity contribution in [1.29, 1.82) is 0 Å². The van der Waals surface area contributed by atoms with Crippen molar-refractivity contribution < 1.29 is 19.5 Å². The van der Waals surface area contributed by atoms with Crippen molar-refractivity contribution in [1.82, 2.24) is 9.80 Å². The standard InChI is InChI=1S/C12H20N2O4S/c1-3-10(15)14-8-19-7-9(14)12(18)13(4-2)6-5-11(16)17/h9H,3-8H2,1-2H3,(H,16,17). The molecule has 0 aromatic carbocycles. The number of carboxylic acid groups (broad SMARTS) is 1. The number of carbonyl (C=O) groups is 3. The molecule has 1 heterocycles. The summed E-state index contributed by atoms with van der Waals surface area (Å²) in [5.74, 6) is 0.0370. The van der Waals surface area contributed by atoms with E-state index in [4.69, 9.17) is 5.11 Å². The van der Waals surface area contributed by atoms with E-state index < -0.39 is 12.0 Å². The van der Waals surface area contributed by atoms with Crippen LogP contribution in [0.15, 0.2) is 0 Å². The van der Waals surface area contributed by atoms with Crippen LogP contribution in [0, 0.1) is 0 Å². The Morgan fingerprint density at radius 2 is 2.05 bits per heavy atom. The summed E-state index contributed by atoms with van der Waals surface area (Å²) >= 11 is 1.56. The third kappa shape index (κ3) is 4.12. The summed E-state index contributed by atoms with van der Waals surface area (Å²) in [6, 6.07) is -0.439. The van der Waals surface area contributed by atoms with Crippen LogP contribution < -0.4 is 0 Å². The molecule has 0 aromatic rings. The van der Waals surface area contributed by atoms with Crippen LogP contribution in [-0.2, 0) is 14.4 Å². The Labute approximate surface area is 117 Å². The molecule has 0 bridgehead atoms. The van der Waals surface area contributed by atoms with E-state index in [9.17, 15) is 14.4 Å². The molecule has 1 fully saturated rings. The van der Waals surface area contributed by atoms with E-state index in [-0.39, 0.29) is 24.8 Å². The lowest BCUT2D eigenvalue weighted by atomic mass is 10.2. The van der Waals surface area contributed by atoms with E-state index in [1.54, 1.807) is 23.6 Å². The lowest BCUT2D eigenvalue weighted by Crippen LogP contribution is -2.49. The first-order valence-electron chi connectivity index (χ1n) is 6.39. The second-order valence-corrected chi connectivity index (χ2v) is 5.29. The van der Waals surface area contributed by atoms with E-state index in [1.807, 2.05) is 6.92 Å². The summed E-state index contributed by atoms with van der Waals surface area (Å²) in [6.07, 6.45) is 0.312. The second-order valence-electron chi connectivity index (χ2n) is 4.29. The van der Waals surface area contributed by atoms with Crippen LogP contribution in [0.2, 0.25) is 0 Å². The van der Waals surface area contributed by atoms with Gasteiger partial charge >= 0.3 is 5.97 Å². The predicted molar refractivity (Wildman–Crippen MR) is 72.8 cm³/mol. The van der Waals surface area contributed by atoms with Crippen LogP contribution in [0.25, 0.3) is 0 Å². The molecule has 0 aromatic heterocycles. The highest BCUT2D eigenvalue weighted by Gasteiger charge is 2.35. The lowest BCUT2D eigenvalue weighted by molar-refractivity contribution is -0.144. The first-order chi connectivity index (χ1) is 9.01. The maximum absolute atomic E-state index is 12.3. The van der Waals surface area contributed by atoms with Gasteiger partial charge in [0.2, 0.25) is 11.8 Å². The molecular formula is C12H20N2O4S. The van der Waals surface area contributed by atoms with Crippen LogP contribution in [0.4, 0.5) is 0 Å². The first-order valence-corrected chi connectivity index (χ1v) is 7.54. The average Bonchev–Trinajstić information content (AvgIpc) is 2.87. The normalized spacial score (nSPS) is 18.4. The van der Waals surface area contributed by atoms with E-state index in [2.05, 4.69) is 0 Å². The Kier molecular flexibility index (Phi) is 6.14. The number of thioether (sulfide) groups is 1. The molecule has 1 aliphatic rings. The quantitative estimate of drug-likeness (QED) is 0.775. The number of likely N-dealkylation sites (N-methyl/N-ethyl adjacent to an activating group) is 1. The number of hydrogen-bond donors (Lipinski definition) is 1. The number of carboxylic acids is 1. The predicted octanol–water partition coefficient (Wildman–Crippen LogP) is 0.621. The Hall–Kier alpha value is -1.24. The van der Waals surface area contributed by atoms with Crippen LogP contribution in [0.1, 0.15) is 26.7 Å². The third-order valence-electron chi connectivity index (χ3n) is 3.08. The van der Waals surface area contributed by atoms with Crippen LogP contribution in [0.5, 0.6) is 0 Å². The summed E-state index contributed by atoms with van der Waals surface area (Å²) in [5, 5.41) is 8.68. The van der Waals surface area contributed by atoms with Crippen LogP contribution >= 0.6 is 11.8 Å². The zero-order chi connectivity index (χ0) is 14.4. The summed E-state index contributed by atoms with van der Waals surface area (Å²) in [7, 11) is 0. The molecule has 0 saturated carbocycles. The minimum Gasteiger partial charge on any atom is -0.481 e. The van der Waals surface area contributed by atoms with E-state index in [0.717, 1.165) is 0 Å². The van der Waals surface area contributed by atoms with Gasteiger partial charge in [0, 0.05) is 25.3 Å². The molecule has 2 amide bonds. The van der Waals surface area contributed by atoms with Gasteiger partial charge in [-0.15, -0.1) is 11.8 Å². The maximum atomic E-state index is 12.3. The SMILES string of the molecule is CCC(=O)N1CSCC1C(=O)N(CC)CCC(=O)O. The zero-order valence-electron chi connectivity index (χ0n) is 11.3. The molecule has 108 valence electrons. The van der Waals surface area contributed by atoms with Gasteiger partial charge in [-0.3, -0.25) is 14.4 Å². The molecule has 0 spiro atoms. The number of nitrogens with zero attached hydrogens (tertiary/aromatic N) is 2. The maximum Gasteiger partial charge on any atom is 0.305 e. The van der Waals surface area contributed by atoms with Crippen molar-refractivity contribution in [2.45, 2.75) is 32.7 Å². The topological polar surface area (TPSA) is 77.9 Å². The minimum absolute atomic E-state index is 0.0300. The molecule has 1 unspecified atom stereocenters. The fraction of sp³-hybridized carbons (Fsp3) is 0.750. The van der Waals surface area contributed by atoms with Gasteiger partial charge < -0.3 is 14.9 Å². The lowest BCUT2D eigenvalue weighted by Gasteiger charge is -2.28. The van der Waals surface area contributed by atoms with Crippen molar-refractivity contribution in [2.24, 2.45) is 0 Å². The van der Waals surface area contributed by atoms with E-state index >= 15 is 0 Å². The monoisotopic (exact) mass is 288 g/mol. The van der Waals surface area contributed by atoms with Gasteiger partial charge in [-0.25, -0.2) is 0 Å². The fourth-order valence-corrected chi connectivity index (χ4v) is 3.13. The summed E-state index contributed by atoms with van der Waals surface area (Å²) in [5.41, 5.74) is 0. The van der Waals surface area contributed by atoms with Gasteiger partial charge in [0.05, 0.1) is 12.3 Å². The van der Waals surface area contributed by atoms with Crippen LogP contribution in [-0.4, -0.2) is 63.5 Å². The molecule has 0 radical (unpaired) electrons. The summed E-state index contributed by atoms with van der Waals surface area (Å²) < 4.78 is 0. The molecule has 0 aliphatic carbocycles. The molecule has 1 rings (SSSR count). The molecule has 1 N–H and O–H groups in total. The molecule has 7 heteroatoms. The molecule has 6 nitrogen and oxygen atoms in total. The van der Waals surface area contributed by atoms with Gasteiger partial charge in [-0.2, -0.15) is 0 Å². The van der Waals surface area contributed by atoms with Gasteiger partial charge in [0.1, 0.15) is 6.04 Å². The van der Waals surface area contributed by atoms with Crippen molar-refractivity contribution in [3.63, 3.8) is 0 Å². The average molecular weight is 288 g/mol. The van der Waals surface area contributed by atoms with Gasteiger partial charge in [-0.1, -0.05) is 6.92 Å². The molecule has 1 saturated heterocycles. The largest absolute Gasteiger partial charge is 0.481 e. The third-order valence-corrected chi connectivity index (χ3v) is 4.09. The van der Waals surface area contributed by atoms with Crippen LogP contribution in [0.3, 0.4) is 0 Å². The molecule has 1 aliphatic heterocycles. The summed E-state index contributed by atoms with van der Waals surface area (Å²) in [4.78, 5) is 37.8. The highest BCUT2D eigenvalue weighted by Crippen LogP contribution is 2.23. The number of rotatable bonds is 6. The Bertz CT molecular complexity index is 362. The van der Waals surface area contributed by atoms with Gasteiger partial charge in [-0.05, 0) is 6.92 Å². The van der Waals surface area contributed by atoms with Crippen molar-refractivity contribution in [3.8, 4) is 0 Å². The van der Waals surface area contributed by atoms with Crippen molar-refractivity contribution in [3.05, 3.63) is 0 Å². The Balaban J connectivity index is 2.67. The molecule has 19 heavy (non-hydrogen) atoms.